The van der Waals surface area contributed by atoms with Gasteiger partial charge in [0.2, 0.25) is 0 Å². The lowest BCUT2D eigenvalue weighted by atomic mass is 9.92. The summed E-state index contributed by atoms with van der Waals surface area (Å²) in [6.07, 6.45) is 2.44. The van der Waals surface area contributed by atoms with Crippen molar-refractivity contribution in [3.05, 3.63) is 29.3 Å². The molecule has 0 spiro atoms. The van der Waals surface area contributed by atoms with E-state index in [9.17, 15) is 0 Å². The first kappa shape index (κ1) is 9.22. The van der Waals surface area contributed by atoms with Gasteiger partial charge in [-0.15, -0.1) is 0 Å². The lowest BCUT2D eigenvalue weighted by Gasteiger charge is -2.33. The molecule has 0 aromatic heterocycles. The SMILES string of the molecule is CCN1CCC2CC(N)c3cccc1c32. The summed E-state index contributed by atoms with van der Waals surface area (Å²) >= 11 is 0. The van der Waals surface area contributed by atoms with Crippen molar-refractivity contribution in [1.29, 1.82) is 0 Å². The van der Waals surface area contributed by atoms with Crippen molar-refractivity contribution in [2.45, 2.75) is 31.7 Å². The fourth-order valence-electron chi connectivity index (χ4n) is 3.19. The summed E-state index contributed by atoms with van der Waals surface area (Å²) < 4.78 is 0. The van der Waals surface area contributed by atoms with E-state index in [0.29, 0.717) is 0 Å². The Bertz CT molecular complexity index is 386. The third-order valence-electron chi connectivity index (χ3n) is 3.93. The van der Waals surface area contributed by atoms with Gasteiger partial charge in [-0.05, 0) is 42.9 Å². The average Bonchev–Trinajstić information content (AvgIpc) is 2.59. The lowest BCUT2D eigenvalue weighted by Crippen LogP contribution is -2.30. The molecule has 0 amide bonds. The zero-order valence-corrected chi connectivity index (χ0v) is 9.24. The van der Waals surface area contributed by atoms with Crippen LogP contribution >= 0.6 is 0 Å². The highest BCUT2D eigenvalue weighted by Crippen LogP contribution is 2.48. The van der Waals surface area contributed by atoms with E-state index in [1.165, 1.54) is 24.2 Å². The Labute approximate surface area is 91.1 Å². The van der Waals surface area contributed by atoms with E-state index in [2.05, 4.69) is 30.0 Å². The van der Waals surface area contributed by atoms with Crippen molar-refractivity contribution in [3.8, 4) is 0 Å². The molecule has 2 unspecified atom stereocenters. The van der Waals surface area contributed by atoms with Crippen LogP contribution in [-0.2, 0) is 0 Å². The summed E-state index contributed by atoms with van der Waals surface area (Å²) in [6, 6.07) is 6.90. The van der Waals surface area contributed by atoms with Gasteiger partial charge in [0.25, 0.3) is 0 Å². The number of benzene rings is 1. The molecule has 2 nitrogen and oxygen atoms in total. The molecule has 2 heteroatoms. The topological polar surface area (TPSA) is 29.3 Å². The molecule has 1 heterocycles. The van der Waals surface area contributed by atoms with Gasteiger partial charge >= 0.3 is 0 Å². The van der Waals surface area contributed by atoms with Crippen LogP contribution < -0.4 is 10.6 Å². The Hall–Kier alpha value is -1.02. The number of rotatable bonds is 1. The highest BCUT2D eigenvalue weighted by atomic mass is 15.1. The third kappa shape index (κ3) is 1.21. The molecular formula is C13H18N2. The quantitative estimate of drug-likeness (QED) is 0.757. The van der Waals surface area contributed by atoms with Gasteiger partial charge in [0.15, 0.2) is 0 Å². The minimum absolute atomic E-state index is 0.279. The summed E-state index contributed by atoms with van der Waals surface area (Å²) in [4.78, 5) is 2.48. The van der Waals surface area contributed by atoms with Crippen molar-refractivity contribution in [2.75, 3.05) is 18.0 Å². The molecule has 80 valence electrons. The molecule has 0 saturated carbocycles. The Morgan fingerprint density at radius 1 is 1.47 bits per heavy atom. The van der Waals surface area contributed by atoms with Gasteiger partial charge in [-0.3, -0.25) is 0 Å². The molecule has 15 heavy (non-hydrogen) atoms. The first-order valence-corrected chi connectivity index (χ1v) is 5.94. The van der Waals surface area contributed by atoms with Crippen LogP contribution in [0.25, 0.3) is 0 Å². The fraction of sp³-hybridized carbons (Fsp3) is 0.538. The summed E-state index contributed by atoms with van der Waals surface area (Å²) in [7, 11) is 0. The number of hydrogen-bond acceptors (Lipinski definition) is 2. The standard InChI is InChI=1S/C13H18N2/c1-2-15-7-6-9-8-11(14)10-4-3-5-12(15)13(9)10/h3-5,9,11H,2,6-8,14H2,1H3. The maximum atomic E-state index is 6.18. The van der Waals surface area contributed by atoms with Crippen molar-refractivity contribution < 1.29 is 0 Å². The lowest BCUT2D eigenvalue weighted by molar-refractivity contribution is 0.545. The van der Waals surface area contributed by atoms with Gasteiger partial charge in [0.05, 0.1) is 0 Å². The summed E-state index contributed by atoms with van der Waals surface area (Å²) in [5.74, 6) is 0.731. The van der Waals surface area contributed by atoms with Gasteiger partial charge in [-0.25, -0.2) is 0 Å². The smallest absolute Gasteiger partial charge is 0.0404 e. The minimum atomic E-state index is 0.279. The van der Waals surface area contributed by atoms with Crippen molar-refractivity contribution >= 4 is 5.69 Å². The molecule has 0 radical (unpaired) electrons. The molecule has 1 aliphatic carbocycles. The molecule has 2 N–H and O–H groups in total. The highest BCUT2D eigenvalue weighted by Gasteiger charge is 2.34. The molecule has 3 rings (SSSR count). The fourth-order valence-corrected chi connectivity index (χ4v) is 3.19. The maximum absolute atomic E-state index is 6.18. The Morgan fingerprint density at radius 2 is 2.33 bits per heavy atom. The largest absolute Gasteiger partial charge is 0.372 e. The summed E-state index contributed by atoms with van der Waals surface area (Å²) in [5, 5.41) is 0. The average molecular weight is 202 g/mol. The van der Waals surface area contributed by atoms with Crippen LogP contribution in [-0.4, -0.2) is 13.1 Å². The van der Waals surface area contributed by atoms with Crippen molar-refractivity contribution in [1.82, 2.24) is 0 Å². The van der Waals surface area contributed by atoms with Crippen LogP contribution in [0.5, 0.6) is 0 Å². The molecular weight excluding hydrogens is 184 g/mol. The number of nitrogens with zero attached hydrogens (tertiary/aromatic N) is 1. The van der Waals surface area contributed by atoms with Crippen LogP contribution in [0.3, 0.4) is 0 Å². The molecule has 1 aliphatic heterocycles. The predicted molar refractivity (Wildman–Crippen MR) is 63.2 cm³/mol. The second-order valence-electron chi connectivity index (χ2n) is 4.69. The highest BCUT2D eigenvalue weighted by molar-refractivity contribution is 5.62. The third-order valence-corrected chi connectivity index (χ3v) is 3.93. The first-order chi connectivity index (χ1) is 7.31. The normalized spacial score (nSPS) is 28.0. The molecule has 0 bridgehead atoms. The molecule has 1 aromatic carbocycles. The maximum Gasteiger partial charge on any atom is 0.0404 e. The Morgan fingerprint density at radius 3 is 3.13 bits per heavy atom. The van der Waals surface area contributed by atoms with E-state index >= 15 is 0 Å². The summed E-state index contributed by atoms with van der Waals surface area (Å²) in [6.45, 7) is 4.54. The van der Waals surface area contributed by atoms with Crippen molar-refractivity contribution in [2.24, 2.45) is 5.73 Å². The zero-order chi connectivity index (χ0) is 10.4. The predicted octanol–water partition coefficient (Wildman–Crippen LogP) is 2.40. The monoisotopic (exact) mass is 202 g/mol. The molecule has 1 aromatic rings. The number of anilines is 1. The first-order valence-electron chi connectivity index (χ1n) is 5.94. The molecule has 0 saturated heterocycles. The Balaban J connectivity index is 2.16. The van der Waals surface area contributed by atoms with Gasteiger partial charge in [0.1, 0.15) is 0 Å². The van der Waals surface area contributed by atoms with Gasteiger partial charge in [-0.2, -0.15) is 0 Å². The van der Waals surface area contributed by atoms with Gasteiger partial charge in [-0.1, -0.05) is 12.1 Å². The summed E-state index contributed by atoms with van der Waals surface area (Å²) in [5.41, 5.74) is 10.6. The van der Waals surface area contributed by atoms with E-state index in [1.807, 2.05) is 0 Å². The van der Waals surface area contributed by atoms with Crippen LogP contribution in [0.2, 0.25) is 0 Å². The van der Waals surface area contributed by atoms with Crippen LogP contribution in [0.15, 0.2) is 18.2 Å². The second kappa shape index (κ2) is 3.24. The van der Waals surface area contributed by atoms with E-state index in [0.717, 1.165) is 18.9 Å². The molecule has 2 atom stereocenters. The molecule has 0 fully saturated rings. The van der Waals surface area contributed by atoms with Gasteiger partial charge < -0.3 is 10.6 Å². The van der Waals surface area contributed by atoms with Crippen LogP contribution in [0.1, 0.15) is 42.9 Å². The van der Waals surface area contributed by atoms with E-state index in [1.54, 1.807) is 5.56 Å². The van der Waals surface area contributed by atoms with E-state index < -0.39 is 0 Å². The van der Waals surface area contributed by atoms with E-state index in [-0.39, 0.29) is 6.04 Å². The number of nitrogens with two attached hydrogens (primary N) is 1. The minimum Gasteiger partial charge on any atom is -0.372 e. The van der Waals surface area contributed by atoms with Gasteiger partial charge in [0, 0.05) is 24.8 Å². The second-order valence-corrected chi connectivity index (χ2v) is 4.69. The zero-order valence-electron chi connectivity index (χ0n) is 9.24. The van der Waals surface area contributed by atoms with Crippen LogP contribution in [0.4, 0.5) is 5.69 Å². The number of hydrogen-bond donors (Lipinski definition) is 1. The van der Waals surface area contributed by atoms with Crippen LogP contribution in [0, 0.1) is 0 Å². The van der Waals surface area contributed by atoms with Crippen molar-refractivity contribution in [3.63, 3.8) is 0 Å². The Kier molecular flexibility index (Phi) is 1.99. The van der Waals surface area contributed by atoms with E-state index in [4.69, 9.17) is 5.73 Å². The molecule has 2 aliphatic rings.